The van der Waals surface area contributed by atoms with Crippen LogP contribution in [0.5, 0.6) is 11.5 Å². The predicted molar refractivity (Wildman–Crippen MR) is 96.4 cm³/mol. The maximum absolute atomic E-state index is 7.79. The number of nitrogen functional groups attached to an aromatic ring is 2. The van der Waals surface area contributed by atoms with Crippen LogP contribution in [0, 0.1) is 12.3 Å². The van der Waals surface area contributed by atoms with Crippen molar-refractivity contribution in [2.24, 2.45) is 5.73 Å². The van der Waals surface area contributed by atoms with Gasteiger partial charge in [-0.2, -0.15) is 0 Å². The maximum Gasteiger partial charge on any atom is 0.127 e. The number of amidine groups is 1. The van der Waals surface area contributed by atoms with E-state index in [0.29, 0.717) is 16.9 Å². The van der Waals surface area contributed by atoms with Gasteiger partial charge in [0.25, 0.3) is 0 Å². The van der Waals surface area contributed by atoms with Gasteiger partial charge in [-0.1, -0.05) is 18.2 Å². The number of aryl methyl sites for hydroxylation is 1. The summed E-state index contributed by atoms with van der Waals surface area (Å²) in [5.74, 6) is 1.39. The molecule has 120 valence electrons. The molecule has 0 radical (unpaired) electrons. The normalized spacial score (nSPS) is 10.4. The minimum Gasteiger partial charge on any atom is -0.457 e. The Balaban J connectivity index is 1.94. The molecule has 1 aromatic heterocycles. The molecule has 0 aliphatic rings. The minimum absolute atomic E-state index is 0.0942. The van der Waals surface area contributed by atoms with E-state index in [4.69, 9.17) is 21.6 Å². The van der Waals surface area contributed by atoms with Crippen LogP contribution < -0.4 is 16.2 Å². The van der Waals surface area contributed by atoms with Gasteiger partial charge in [0.2, 0.25) is 0 Å². The molecule has 0 amide bonds. The molecular formula is C19H18N4O. The minimum atomic E-state index is -0.0942. The first-order valence-corrected chi connectivity index (χ1v) is 7.49. The van der Waals surface area contributed by atoms with Gasteiger partial charge < -0.3 is 16.2 Å². The highest BCUT2D eigenvalue weighted by molar-refractivity contribution is 6.05. The number of hydrogen-bond donors (Lipinski definition) is 3. The lowest BCUT2D eigenvalue weighted by atomic mass is 10.0. The third kappa shape index (κ3) is 3.05. The Kier molecular flexibility index (Phi) is 4.16. The highest BCUT2D eigenvalue weighted by atomic mass is 16.5. The summed E-state index contributed by atoms with van der Waals surface area (Å²) in [6, 6.07) is 17.0. The van der Waals surface area contributed by atoms with Crippen LogP contribution in [0.3, 0.4) is 0 Å². The topological polar surface area (TPSA) is 98.0 Å². The average Bonchev–Trinajstić information content (AvgIpc) is 2.58. The fraction of sp³-hybridized carbons (Fsp3) is 0.0526. The molecule has 5 N–H and O–H groups in total. The van der Waals surface area contributed by atoms with Crippen molar-refractivity contribution in [2.75, 3.05) is 5.73 Å². The van der Waals surface area contributed by atoms with Gasteiger partial charge in [-0.15, -0.1) is 0 Å². The SMILES string of the molecule is Cc1cnc(-c2ccc(Oc3ccccc3)cc2)c(C(=N)N)c1N. The van der Waals surface area contributed by atoms with Gasteiger partial charge in [-0.3, -0.25) is 10.4 Å². The quantitative estimate of drug-likeness (QED) is 0.504. The molecular weight excluding hydrogens is 300 g/mol. The molecule has 2 aromatic carbocycles. The molecule has 24 heavy (non-hydrogen) atoms. The third-order valence-corrected chi connectivity index (χ3v) is 3.69. The van der Waals surface area contributed by atoms with Gasteiger partial charge in [0.05, 0.1) is 11.3 Å². The summed E-state index contributed by atoms with van der Waals surface area (Å²) in [6.45, 7) is 1.84. The second kappa shape index (κ2) is 6.42. The lowest BCUT2D eigenvalue weighted by Crippen LogP contribution is -2.16. The first kappa shape index (κ1) is 15.6. The fourth-order valence-electron chi connectivity index (χ4n) is 2.42. The van der Waals surface area contributed by atoms with E-state index in [2.05, 4.69) is 4.98 Å². The molecule has 0 unspecified atom stereocenters. The predicted octanol–water partition coefficient (Wildman–Crippen LogP) is 3.72. The molecule has 0 bridgehead atoms. The van der Waals surface area contributed by atoms with Gasteiger partial charge in [-0.25, -0.2) is 0 Å². The summed E-state index contributed by atoms with van der Waals surface area (Å²) < 4.78 is 5.78. The van der Waals surface area contributed by atoms with Crippen molar-refractivity contribution in [2.45, 2.75) is 6.92 Å². The van der Waals surface area contributed by atoms with Gasteiger partial charge in [0.1, 0.15) is 17.3 Å². The first-order chi connectivity index (χ1) is 11.6. The number of benzene rings is 2. The Morgan fingerprint density at radius 1 is 1.00 bits per heavy atom. The summed E-state index contributed by atoms with van der Waals surface area (Å²) in [5.41, 5.74) is 14.9. The van der Waals surface area contributed by atoms with E-state index >= 15 is 0 Å². The number of pyridine rings is 1. The maximum atomic E-state index is 7.79. The Morgan fingerprint density at radius 3 is 2.25 bits per heavy atom. The summed E-state index contributed by atoms with van der Waals surface area (Å²) >= 11 is 0. The van der Waals surface area contributed by atoms with E-state index < -0.39 is 0 Å². The largest absolute Gasteiger partial charge is 0.457 e. The highest BCUT2D eigenvalue weighted by Crippen LogP contribution is 2.29. The number of para-hydroxylation sites is 1. The zero-order valence-electron chi connectivity index (χ0n) is 13.3. The fourth-order valence-corrected chi connectivity index (χ4v) is 2.42. The van der Waals surface area contributed by atoms with Crippen LogP contribution in [-0.4, -0.2) is 10.8 Å². The molecule has 1 heterocycles. The number of hydrogen-bond acceptors (Lipinski definition) is 4. The summed E-state index contributed by atoms with van der Waals surface area (Å²) in [7, 11) is 0. The lowest BCUT2D eigenvalue weighted by Gasteiger charge is -2.13. The molecule has 0 atom stereocenters. The van der Waals surface area contributed by atoms with Crippen LogP contribution in [0.4, 0.5) is 5.69 Å². The standard InChI is InChI=1S/C19H18N4O/c1-12-11-23-18(16(17(12)20)19(21)22)13-7-9-15(10-8-13)24-14-5-3-2-4-6-14/h2-11H,1H3,(H2,20,23)(H3,21,22). The van der Waals surface area contributed by atoms with Crippen molar-refractivity contribution in [3.05, 3.63) is 71.9 Å². The lowest BCUT2D eigenvalue weighted by molar-refractivity contribution is 0.483. The van der Waals surface area contributed by atoms with Crippen LogP contribution in [-0.2, 0) is 0 Å². The highest BCUT2D eigenvalue weighted by Gasteiger charge is 2.15. The van der Waals surface area contributed by atoms with E-state index in [-0.39, 0.29) is 5.84 Å². The Labute approximate surface area is 140 Å². The molecule has 0 aliphatic heterocycles. The number of nitrogens with zero attached hydrogens (tertiary/aromatic N) is 1. The Morgan fingerprint density at radius 2 is 1.62 bits per heavy atom. The van der Waals surface area contributed by atoms with Crippen molar-refractivity contribution in [1.82, 2.24) is 4.98 Å². The zero-order chi connectivity index (χ0) is 17.1. The van der Waals surface area contributed by atoms with Crippen molar-refractivity contribution in [1.29, 1.82) is 5.41 Å². The van der Waals surface area contributed by atoms with Gasteiger partial charge >= 0.3 is 0 Å². The van der Waals surface area contributed by atoms with E-state index in [0.717, 1.165) is 22.6 Å². The van der Waals surface area contributed by atoms with Gasteiger partial charge in [0, 0.05) is 17.4 Å². The summed E-state index contributed by atoms with van der Waals surface area (Å²) in [5, 5.41) is 7.79. The number of ether oxygens (including phenoxy) is 1. The van der Waals surface area contributed by atoms with Crippen LogP contribution in [0.1, 0.15) is 11.1 Å². The van der Waals surface area contributed by atoms with E-state index in [1.54, 1.807) is 6.20 Å². The second-order valence-electron chi connectivity index (χ2n) is 5.43. The van der Waals surface area contributed by atoms with Crippen molar-refractivity contribution in [3.63, 3.8) is 0 Å². The Hall–Kier alpha value is -3.34. The van der Waals surface area contributed by atoms with Crippen LogP contribution in [0.2, 0.25) is 0 Å². The molecule has 0 saturated heterocycles. The van der Waals surface area contributed by atoms with E-state index in [1.165, 1.54) is 0 Å². The number of aromatic nitrogens is 1. The van der Waals surface area contributed by atoms with Crippen molar-refractivity contribution < 1.29 is 4.74 Å². The molecule has 0 aliphatic carbocycles. The summed E-state index contributed by atoms with van der Waals surface area (Å²) in [4.78, 5) is 4.40. The first-order valence-electron chi connectivity index (χ1n) is 7.49. The molecule has 5 nitrogen and oxygen atoms in total. The van der Waals surface area contributed by atoms with Crippen LogP contribution >= 0.6 is 0 Å². The number of anilines is 1. The van der Waals surface area contributed by atoms with Crippen molar-refractivity contribution in [3.8, 4) is 22.8 Å². The average molecular weight is 318 g/mol. The molecule has 3 rings (SSSR count). The van der Waals surface area contributed by atoms with Crippen LogP contribution in [0.15, 0.2) is 60.8 Å². The number of nitrogens with one attached hydrogen (secondary N) is 1. The molecule has 0 spiro atoms. The molecule has 0 fully saturated rings. The monoisotopic (exact) mass is 318 g/mol. The van der Waals surface area contributed by atoms with E-state index in [1.807, 2.05) is 61.5 Å². The van der Waals surface area contributed by atoms with Crippen molar-refractivity contribution >= 4 is 11.5 Å². The smallest absolute Gasteiger partial charge is 0.127 e. The second-order valence-corrected chi connectivity index (χ2v) is 5.43. The van der Waals surface area contributed by atoms with Crippen LogP contribution in [0.25, 0.3) is 11.3 Å². The molecule has 3 aromatic rings. The third-order valence-electron chi connectivity index (χ3n) is 3.69. The number of nitrogens with two attached hydrogens (primary N) is 2. The van der Waals surface area contributed by atoms with Gasteiger partial charge in [-0.05, 0) is 48.9 Å². The van der Waals surface area contributed by atoms with Gasteiger partial charge in [0.15, 0.2) is 0 Å². The zero-order valence-corrected chi connectivity index (χ0v) is 13.3. The summed E-state index contributed by atoms with van der Waals surface area (Å²) in [6.07, 6.45) is 1.69. The Bertz CT molecular complexity index is 874. The van der Waals surface area contributed by atoms with E-state index in [9.17, 15) is 0 Å². The molecule has 0 saturated carbocycles. The number of rotatable bonds is 4. The molecule has 5 heteroatoms.